The Kier molecular flexibility index (Phi) is 2.96. The largest absolute Gasteiger partial charge is 0.381 e. The Morgan fingerprint density at radius 3 is 2.71 bits per heavy atom. The van der Waals surface area contributed by atoms with Gasteiger partial charge in [0.2, 0.25) is 0 Å². The van der Waals surface area contributed by atoms with E-state index in [0.717, 1.165) is 24.7 Å². The molecular weight excluding hydrogens is 296 g/mol. The first-order valence-corrected chi connectivity index (χ1v) is 10.1. The van der Waals surface area contributed by atoms with Crippen LogP contribution in [-0.4, -0.2) is 19.0 Å². The number of fused-ring (bicyclic) bond motifs is 4. The molecular formula is C22H32O2. The molecule has 2 heteroatoms. The normalized spacial score (nSPS) is 60.9. The fourth-order valence-corrected chi connectivity index (χ4v) is 8.77. The van der Waals surface area contributed by atoms with Crippen molar-refractivity contribution in [3.63, 3.8) is 0 Å². The van der Waals surface area contributed by atoms with Crippen molar-refractivity contribution in [1.82, 2.24) is 0 Å². The standard InChI is InChI=1S/C22H32O2/c1-5-13-10-17(23)19-15-11-18(24-4)22-12-14(22)6-9-21(22,3)16(15)7-8-20(13,19)2/h5,13-16,18-19H,1,6-12H2,2-4H3/t13-,14-,15-,16+,18-,19-,20-,21-,22+/m1/s1. The molecule has 5 aliphatic carbocycles. The first-order chi connectivity index (χ1) is 11.4. The molecule has 5 saturated carbocycles. The Hall–Kier alpha value is -0.630. The molecule has 9 atom stereocenters. The zero-order chi connectivity index (χ0) is 16.9. The third-order valence-electron chi connectivity index (χ3n) is 9.94. The molecule has 0 aromatic rings. The molecule has 1 spiro atoms. The van der Waals surface area contributed by atoms with E-state index in [0.29, 0.717) is 34.6 Å². The molecule has 0 aliphatic heterocycles. The maximum atomic E-state index is 13.0. The molecule has 2 nitrogen and oxygen atoms in total. The van der Waals surface area contributed by atoms with Gasteiger partial charge in [-0.2, -0.15) is 0 Å². The van der Waals surface area contributed by atoms with Crippen molar-refractivity contribution in [2.24, 2.45) is 45.8 Å². The number of rotatable bonds is 2. The van der Waals surface area contributed by atoms with E-state index in [9.17, 15) is 4.79 Å². The lowest BCUT2D eigenvalue weighted by atomic mass is 9.45. The van der Waals surface area contributed by atoms with Crippen LogP contribution in [0, 0.1) is 45.8 Å². The average Bonchev–Trinajstić information content (AvgIpc) is 3.13. The van der Waals surface area contributed by atoms with Gasteiger partial charge >= 0.3 is 0 Å². The minimum Gasteiger partial charge on any atom is -0.381 e. The molecule has 24 heavy (non-hydrogen) atoms. The van der Waals surface area contributed by atoms with Crippen LogP contribution < -0.4 is 0 Å². The highest BCUT2D eigenvalue weighted by Gasteiger charge is 2.77. The predicted octanol–water partition coefficient (Wildman–Crippen LogP) is 4.64. The smallest absolute Gasteiger partial charge is 0.137 e. The van der Waals surface area contributed by atoms with Gasteiger partial charge in [-0.05, 0) is 73.0 Å². The first kappa shape index (κ1) is 15.6. The number of allylic oxidation sites excluding steroid dienone is 1. The molecule has 0 N–H and O–H groups in total. The summed E-state index contributed by atoms with van der Waals surface area (Å²) in [5.74, 6) is 3.35. The van der Waals surface area contributed by atoms with E-state index in [1.807, 2.05) is 7.11 Å². The Morgan fingerprint density at radius 2 is 2.04 bits per heavy atom. The van der Waals surface area contributed by atoms with Gasteiger partial charge in [0, 0.05) is 24.9 Å². The minimum atomic E-state index is 0.153. The van der Waals surface area contributed by atoms with Gasteiger partial charge in [-0.1, -0.05) is 19.9 Å². The van der Waals surface area contributed by atoms with Crippen molar-refractivity contribution >= 4 is 5.78 Å². The number of carbonyl (C=O) groups is 1. The lowest BCUT2D eigenvalue weighted by molar-refractivity contribution is -0.163. The van der Waals surface area contributed by atoms with Crippen LogP contribution in [-0.2, 0) is 9.53 Å². The molecule has 0 radical (unpaired) electrons. The van der Waals surface area contributed by atoms with E-state index in [-0.39, 0.29) is 11.3 Å². The highest BCUT2D eigenvalue weighted by atomic mass is 16.5. The summed E-state index contributed by atoms with van der Waals surface area (Å²) in [6, 6.07) is 0. The minimum absolute atomic E-state index is 0.153. The van der Waals surface area contributed by atoms with Crippen LogP contribution in [0.5, 0.6) is 0 Å². The molecule has 0 saturated heterocycles. The summed E-state index contributed by atoms with van der Waals surface area (Å²) >= 11 is 0. The summed E-state index contributed by atoms with van der Waals surface area (Å²) in [6.45, 7) is 9.00. The van der Waals surface area contributed by atoms with Gasteiger partial charge in [-0.25, -0.2) is 0 Å². The van der Waals surface area contributed by atoms with Crippen molar-refractivity contribution in [2.75, 3.05) is 7.11 Å². The fraction of sp³-hybridized carbons (Fsp3) is 0.864. The molecule has 132 valence electrons. The number of hydrogen-bond donors (Lipinski definition) is 0. The molecule has 0 aromatic heterocycles. The molecule has 0 bridgehead atoms. The summed E-state index contributed by atoms with van der Waals surface area (Å²) in [5.41, 5.74) is 1.02. The van der Waals surface area contributed by atoms with E-state index >= 15 is 0 Å². The predicted molar refractivity (Wildman–Crippen MR) is 94.4 cm³/mol. The van der Waals surface area contributed by atoms with Crippen molar-refractivity contribution in [3.05, 3.63) is 12.7 Å². The third kappa shape index (κ3) is 1.48. The third-order valence-corrected chi connectivity index (χ3v) is 9.94. The van der Waals surface area contributed by atoms with Gasteiger partial charge < -0.3 is 4.74 Å². The van der Waals surface area contributed by atoms with Gasteiger partial charge in [-0.3, -0.25) is 4.79 Å². The topological polar surface area (TPSA) is 26.3 Å². The summed E-state index contributed by atoms with van der Waals surface area (Å²) in [6.07, 6.45) is 11.0. The quantitative estimate of drug-likeness (QED) is 0.691. The number of ether oxygens (including phenoxy) is 1. The van der Waals surface area contributed by atoms with Gasteiger partial charge in [0.05, 0.1) is 6.10 Å². The van der Waals surface area contributed by atoms with Gasteiger partial charge in [0.15, 0.2) is 0 Å². The number of methoxy groups -OCH3 is 1. The second-order valence-electron chi connectivity index (χ2n) is 10.2. The summed E-state index contributed by atoms with van der Waals surface area (Å²) < 4.78 is 6.10. The molecule has 0 aromatic carbocycles. The van der Waals surface area contributed by atoms with Crippen molar-refractivity contribution in [3.8, 4) is 0 Å². The van der Waals surface area contributed by atoms with Crippen LogP contribution in [0.1, 0.15) is 58.8 Å². The van der Waals surface area contributed by atoms with E-state index in [1.54, 1.807) is 0 Å². The molecule has 0 heterocycles. The average molecular weight is 328 g/mol. The van der Waals surface area contributed by atoms with Crippen molar-refractivity contribution in [1.29, 1.82) is 0 Å². The Balaban J connectivity index is 1.58. The summed E-state index contributed by atoms with van der Waals surface area (Å²) in [4.78, 5) is 13.0. The molecule has 5 fully saturated rings. The van der Waals surface area contributed by atoms with Crippen molar-refractivity contribution in [2.45, 2.75) is 64.9 Å². The van der Waals surface area contributed by atoms with Crippen LogP contribution >= 0.6 is 0 Å². The number of carbonyl (C=O) groups excluding carboxylic acids is 1. The fourth-order valence-electron chi connectivity index (χ4n) is 8.77. The van der Waals surface area contributed by atoms with Gasteiger partial charge in [0.25, 0.3) is 0 Å². The monoisotopic (exact) mass is 328 g/mol. The number of ketones is 1. The van der Waals surface area contributed by atoms with E-state index < -0.39 is 0 Å². The lowest BCUT2D eigenvalue weighted by Crippen LogP contribution is -2.57. The molecule has 5 aliphatic rings. The molecule has 0 amide bonds. The maximum absolute atomic E-state index is 13.0. The van der Waals surface area contributed by atoms with Crippen LogP contribution in [0.3, 0.4) is 0 Å². The Labute approximate surface area is 146 Å². The second kappa shape index (κ2) is 4.55. The van der Waals surface area contributed by atoms with Crippen LogP contribution in [0.25, 0.3) is 0 Å². The van der Waals surface area contributed by atoms with E-state index in [2.05, 4.69) is 26.5 Å². The summed E-state index contributed by atoms with van der Waals surface area (Å²) in [7, 11) is 1.92. The zero-order valence-corrected chi connectivity index (χ0v) is 15.5. The Bertz CT molecular complexity index is 611. The SMILES string of the molecule is C=C[C@@H]1CC(=O)[C@H]2[C@@H]3C[C@@H](OC)[C@]45C[C@H]4CC[C@]5(C)[C@H]3CC[C@]12C. The van der Waals surface area contributed by atoms with Crippen LogP contribution in [0.15, 0.2) is 12.7 Å². The Morgan fingerprint density at radius 1 is 1.25 bits per heavy atom. The van der Waals surface area contributed by atoms with E-state index in [4.69, 9.17) is 4.74 Å². The van der Waals surface area contributed by atoms with Gasteiger partial charge in [0.1, 0.15) is 5.78 Å². The van der Waals surface area contributed by atoms with E-state index in [1.165, 1.54) is 32.1 Å². The summed E-state index contributed by atoms with van der Waals surface area (Å²) in [5, 5.41) is 0. The van der Waals surface area contributed by atoms with Crippen LogP contribution in [0.4, 0.5) is 0 Å². The lowest BCUT2D eigenvalue weighted by Gasteiger charge is -2.60. The molecule has 0 unspecified atom stereocenters. The highest BCUT2D eigenvalue weighted by Crippen LogP contribution is 2.81. The number of Topliss-reactive ketones (excluding diaryl/α,β-unsaturated/α-hetero) is 1. The highest BCUT2D eigenvalue weighted by molar-refractivity contribution is 5.85. The molecule has 5 rings (SSSR count). The maximum Gasteiger partial charge on any atom is 0.137 e. The first-order valence-electron chi connectivity index (χ1n) is 10.1. The second-order valence-corrected chi connectivity index (χ2v) is 10.2. The number of hydrogen-bond acceptors (Lipinski definition) is 2. The van der Waals surface area contributed by atoms with Crippen molar-refractivity contribution < 1.29 is 9.53 Å². The van der Waals surface area contributed by atoms with Crippen LogP contribution in [0.2, 0.25) is 0 Å². The zero-order valence-electron chi connectivity index (χ0n) is 15.5. The van der Waals surface area contributed by atoms with Gasteiger partial charge in [-0.15, -0.1) is 6.58 Å².